The van der Waals surface area contributed by atoms with E-state index in [-0.39, 0.29) is 5.78 Å². The number of fused-ring (bicyclic) bond motifs is 1. The highest BCUT2D eigenvalue weighted by Gasteiger charge is 2.20. The Balaban J connectivity index is 2.31. The summed E-state index contributed by atoms with van der Waals surface area (Å²) in [5.74, 6) is 0.275. The minimum absolute atomic E-state index is 0.275. The molecule has 0 radical (unpaired) electrons. The fraction of sp³-hybridized carbons (Fsp3) is 0.417. The van der Waals surface area contributed by atoms with Gasteiger partial charge in [-0.05, 0) is 25.5 Å². The monoisotopic (exact) mass is 189 g/mol. The van der Waals surface area contributed by atoms with Crippen LogP contribution in [0.3, 0.4) is 0 Å². The maximum absolute atomic E-state index is 11.8. The van der Waals surface area contributed by atoms with Crippen molar-refractivity contribution in [2.24, 2.45) is 0 Å². The summed E-state index contributed by atoms with van der Waals surface area (Å²) in [5, 5.41) is 3.19. The van der Waals surface area contributed by atoms with Crippen molar-refractivity contribution in [3.05, 3.63) is 35.4 Å². The second kappa shape index (κ2) is 3.93. The lowest BCUT2D eigenvalue weighted by Gasteiger charge is -2.10. The van der Waals surface area contributed by atoms with Crippen LogP contribution in [-0.4, -0.2) is 18.9 Å². The molecule has 1 aliphatic rings. The Morgan fingerprint density at radius 2 is 2.14 bits per heavy atom. The van der Waals surface area contributed by atoms with Crippen molar-refractivity contribution in [3.63, 3.8) is 0 Å². The molecular weight excluding hydrogens is 174 g/mol. The minimum atomic E-state index is 0.275. The number of benzene rings is 1. The summed E-state index contributed by atoms with van der Waals surface area (Å²) < 4.78 is 0. The Bertz CT molecular complexity index is 346. The lowest BCUT2D eigenvalue weighted by Crippen LogP contribution is -2.26. The van der Waals surface area contributed by atoms with Crippen molar-refractivity contribution in [1.29, 1.82) is 0 Å². The summed E-state index contributed by atoms with van der Waals surface area (Å²) in [6.07, 6.45) is 2.69. The highest BCUT2D eigenvalue weighted by atomic mass is 16.1. The molecule has 2 nitrogen and oxygen atoms in total. The van der Waals surface area contributed by atoms with E-state index in [9.17, 15) is 4.79 Å². The van der Waals surface area contributed by atoms with Gasteiger partial charge in [0.1, 0.15) is 0 Å². The molecule has 1 N–H and O–H groups in total. The van der Waals surface area contributed by atoms with E-state index >= 15 is 0 Å². The van der Waals surface area contributed by atoms with Crippen LogP contribution in [0.4, 0.5) is 0 Å². The van der Waals surface area contributed by atoms with Gasteiger partial charge in [0.2, 0.25) is 0 Å². The maximum atomic E-state index is 11.8. The molecule has 74 valence electrons. The van der Waals surface area contributed by atoms with Gasteiger partial charge < -0.3 is 5.32 Å². The predicted octanol–water partition coefficient (Wildman–Crippen LogP) is 1.79. The van der Waals surface area contributed by atoms with Crippen LogP contribution in [0.2, 0.25) is 0 Å². The second-order valence-corrected chi connectivity index (χ2v) is 3.81. The summed E-state index contributed by atoms with van der Waals surface area (Å²) in [5.41, 5.74) is 2.13. The Labute approximate surface area is 84.3 Å². The smallest absolute Gasteiger partial charge is 0.164 e. The molecule has 0 heterocycles. The van der Waals surface area contributed by atoms with Gasteiger partial charge >= 0.3 is 0 Å². The van der Waals surface area contributed by atoms with E-state index < -0.39 is 0 Å². The highest BCUT2D eigenvalue weighted by Crippen LogP contribution is 2.20. The first-order valence-corrected chi connectivity index (χ1v) is 5.09. The highest BCUT2D eigenvalue weighted by molar-refractivity contribution is 5.98. The van der Waals surface area contributed by atoms with Gasteiger partial charge in [0.25, 0.3) is 0 Å². The number of hydrogen-bond acceptors (Lipinski definition) is 2. The summed E-state index contributed by atoms with van der Waals surface area (Å²) in [7, 11) is 1.92. The van der Waals surface area contributed by atoms with Crippen LogP contribution >= 0.6 is 0 Å². The maximum Gasteiger partial charge on any atom is 0.164 e. The molecule has 1 aromatic carbocycles. The average molecular weight is 189 g/mol. The van der Waals surface area contributed by atoms with Gasteiger partial charge in [0.05, 0.1) is 0 Å². The molecule has 1 unspecified atom stereocenters. The predicted molar refractivity (Wildman–Crippen MR) is 56.6 cm³/mol. The summed E-state index contributed by atoms with van der Waals surface area (Å²) >= 11 is 0. The molecule has 0 aromatic heterocycles. The van der Waals surface area contributed by atoms with E-state index in [1.54, 1.807) is 0 Å². The van der Waals surface area contributed by atoms with Crippen LogP contribution in [-0.2, 0) is 6.42 Å². The fourth-order valence-electron chi connectivity index (χ4n) is 2.02. The first-order chi connectivity index (χ1) is 6.81. The molecule has 1 atom stereocenters. The average Bonchev–Trinajstić information content (AvgIpc) is 2.39. The quantitative estimate of drug-likeness (QED) is 0.682. The van der Waals surface area contributed by atoms with E-state index in [0.29, 0.717) is 12.5 Å². The van der Waals surface area contributed by atoms with Crippen LogP contribution in [0.25, 0.3) is 0 Å². The van der Waals surface area contributed by atoms with E-state index in [2.05, 4.69) is 11.4 Å². The number of Topliss-reactive ketones (excluding diaryl/α,β-unsaturated/α-hetero) is 1. The second-order valence-electron chi connectivity index (χ2n) is 3.81. The number of hydrogen-bond donors (Lipinski definition) is 1. The Kier molecular flexibility index (Phi) is 2.64. The van der Waals surface area contributed by atoms with E-state index in [0.717, 1.165) is 18.4 Å². The van der Waals surface area contributed by atoms with Gasteiger partial charge in [0.15, 0.2) is 5.78 Å². The lowest BCUT2D eigenvalue weighted by atomic mass is 10.0. The molecule has 2 rings (SSSR count). The molecule has 0 amide bonds. The normalized spacial score (nSPS) is 21.5. The summed E-state index contributed by atoms with van der Waals surface area (Å²) in [6, 6.07) is 8.29. The van der Waals surface area contributed by atoms with Gasteiger partial charge in [0, 0.05) is 18.0 Å². The Hall–Kier alpha value is -1.15. The molecule has 0 saturated carbocycles. The topological polar surface area (TPSA) is 29.1 Å². The minimum Gasteiger partial charge on any atom is -0.317 e. The molecule has 2 heteroatoms. The molecular formula is C12H15NO. The molecule has 0 fully saturated rings. The van der Waals surface area contributed by atoms with E-state index in [4.69, 9.17) is 0 Å². The third-order valence-electron chi connectivity index (χ3n) is 2.92. The van der Waals surface area contributed by atoms with E-state index in [1.807, 2.05) is 25.2 Å². The number of carbonyl (C=O) groups excluding carboxylic acids is 1. The van der Waals surface area contributed by atoms with Crippen molar-refractivity contribution in [3.8, 4) is 0 Å². The standard InChI is InChI=1S/C12H15NO/c1-13-10-7-6-9-4-2-3-5-11(9)12(14)8-10/h2-5,10,13H,6-8H2,1H3. The first kappa shape index (κ1) is 9.41. The SMILES string of the molecule is CNC1CCc2ccccc2C(=O)C1. The molecule has 1 aromatic rings. The van der Waals surface area contributed by atoms with Crippen molar-refractivity contribution >= 4 is 5.78 Å². The molecule has 0 saturated heterocycles. The molecule has 0 aliphatic heterocycles. The number of carbonyl (C=O) groups is 1. The largest absolute Gasteiger partial charge is 0.317 e. The van der Waals surface area contributed by atoms with Crippen LogP contribution < -0.4 is 5.32 Å². The molecule has 0 bridgehead atoms. The van der Waals surface area contributed by atoms with Crippen molar-refractivity contribution in [1.82, 2.24) is 5.32 Å². The number of aryl methyl sites for hydroxylation is 1. The van der Waals surface area contributed by atoms with Crippen molar-refractivity contribution in [2.75, 3.05) is 7.05 Å². The number of rotatable bonds is 1. The third-order valence-corrected chi connectivity index (χ3v) is 2.92. The fourth-order valence-corrected chi connectivity index (χ4v) is 2.02. The third kappa shape index (κ3) is 1.70. The Morgan fingerprint density at radius 3 is 2.93 bits per heavy atom. The van der Waals surface area contributed by atoms with Gasteiger partial charge in [-0.25, -0.2) is 0 Å². The molecule has 0 spiro atoms. The molecule has 14 heavy (non-hydrogen) atoms. The zero-order chi connectivity index (χ0) is 9.97. The van der Waals surface area contributed by atoms with Crippen molar-refractivity contribution < 1.29 is 4.79 Å². The summed E-state index contributed by atoms with van der Waals surface area (Å²) in [6.45, 7) is 0. The molecule has 1 aliphatic carbocycles. The summed E-state index contributed by atoms with van der Waals surface area (Å²) in [4.78, 5) is 11.8. The van der Waals surface area contributed by atoms with Gasteiger partial charge in [-0.1, -0.05) is 24.3 Å². The van der Waals surface area contributed by atoms with Crippen molar-refractivity contribution in [2.45, 2.75) is 25.3 Å². The van der Waals surface area contributed by atoms with Crippen LogP contribution in [0.1, 0.15) is 28.8 Å². The number of ketones is 1. The van der Waals surface area contributed by atoms with Gasteiger partial charge in [-0.15, -0.1) is 0 Å². The van der Waals surface area contributed by atoms with E-state index in [1.165, 1.54) is 5.56 Å². The van der Waals surface area contributed by atoms with Crippen LogP contribution in [0.5, 0.6) is 0 Å². The zero-order valence-corrected chi connectivity index (χ0v) is 8.42. The lowest BCUT2D eigenvalue weighted by molar-refractivity contribution is 0.0972. The van der Waals surface area contributed by atoms with Crippen LogP contribution in [0, 0.1) is 0 Å². The zero-order valence-electron chi connectivity index (χ0n) is 8.42. The first-order valence-electron chi connectivity index (χ1n) is 5.09. The van der Waals surface area contributed by atoms with Gasteiger partial charge in [-0.3, -0.25) is 4.79 Å². The Morgan fingerprint density at radius 1 is 1.36 bits per heavy atom. The van der Waals surface area contributed by atoms with Crippen LogP contribution in [0.15, 0.2) is 24.3 Å². The number of nitrogens with one attached hydrogen (secondary N) is 1. The van der Waals surface area contributed by atoms with Gasteiger partial charge in [-0.2, -0.15) is 0 Å².